The number of amides is 2. The smallest absolute Gasteiger partial charge is 0.318 e. The molecule has 1 aliphatic rings. The Morgan fingerprint density at radius 1 is 1.32 bits per heavy atom. The molecule has 2 amide bonds. The van der Waals surface area contributed by atoms with Gasteiger partial charge >= 0.3 is 6.03 Å². The van der Waals surface area contributed by atoms with Crippen LogP contribution in [0.3, 0.4) is 0 Å². The number of benzene rings is 1. The first-order chi connectivity index (χ1) is 10.4. The van der Waals surface area contributed by atoms with Gasteiger partial charge in [-0.3, -0.25) is 4.79 Å². The molecule has 2 heterocycles. The fraction of sp³-hybridized carbons (Fsp3) is 0.333. The molecule has 0 bridgehead atoms. The van der Waals surface area contributed by atoms with Gasteiger partial charge < -0.3 is 14.8 Å². The first-order valence-electron chi connectivity index (χ1n) is 6.89. The van der Waals surface area contributed by atoms with Crippen molar-refractivity contribution in [1.29, 1.82) is 0 Å². The molecule has 0 aliphatic carbocycles. The Hall–Kier alpha value is -2.44. The highest BCUT2D eigenvalue weighted by molar-refractivity contribution is 5.93. The lowest BCUT2D eigenvalue weighted by atomic mass is 10.1. The molecule has 1 saturated heterocycles. The second-order valence-electron chi connectivity index (χ2n) is 5.49. The molecule has 1 N–H and O–H groups in total. The van der Waals surface area contributed by atoms with E-state index in [1.165, 1.54) is 4.57 Å². The lowest BCUT2D eigenvalue weighted by Crippen LogP contribution is -2.34. The van der Waals surface area contributed by atoms with E-state index in [9.17, 15) is 18.4 Å². The van der Waals surface area contributed by atoms with E-state index in [-0.39, 0.29) is 18.5 Å². The van der Waals surface area contributed by atoms with E-state index in [0.29, 0.717) is 11.1 Å². The number of carbonyl (C=O) groups excluding carboxylic acids is 1. The van der Waals surface area contributed by atoms with E-state index in [2.05, 4.69) is 5.32 Å². The number of fused-ring (bicyclic) bond motifs is 1. The molecule has 0 unspecified atom stereocenters. The van der Waals surface area contributed by atoms with Crippen LogP contribution < -0.4 is 10.9 Å². The number of aryl methyl sites for hydroxylation is 1. The first-order valence-corrected chi connectivity index (χ1v) is 6.89. The third-order valence-electron chi connectivity index (χ3n) is 3.79. The van der Waals surface area contributed by atoms with E-state index in [1.807, 2.05) is 0 Å². The van der Waals surface area contributed by atoms with Crippen LogP contribution in [0.25, 0.3) is 10.8 Å². The summed E-state index contributed by atoms with van der Waals surface area (Å²) >= 11 is 0. The van der Waals surface area contributed by atoms with Crippen LogP contribution in [-0.4, -0.2) is 34.5 Å². The van der Waals surface area contributed by atoms with Crippen molar-refractivity contribution in [3.8, 4) is 0 Å². The third kappa shape index (κ3) is 2.66. The van der Waals surface area contributed by atoms with Gasteiger partial charge in [0.2, 0.25) is 0 Å². The monoisotopic (exact) mass is 307 g/mol. The highest BCUT2D eigenvalue weighted by atomic mass is 19.3. The van der Waals surface area contributed by atoms with E-state index in [4.69, 9.17) is 0 Å². The van der Waals surface area contributed by atoms with E-state index < -0.39 is 18.5 Å². The van der Waals surface area contributed by atoms with Crippen molar-refractivity contribution in [1.82, 2.24) is 9.47 Å². The summed E-state index contributed by atoms with van der Waals surface area (Å²) in [4.78, 5) is 25.1. The maximum atomic E-state index is 13.1. The van der Waals surface area contributed by atoms with Crippen LogP contribution in [0.1, 0.15) is 6.42 Å². The Kier molecular flexibility index (Phi) is 3.35. The number of carbonyl (C=O) groups is 1. The Labute approximate surface area is 125 Å². The lowest BCUT2D eigenvalue weighted by molar-refractivity contribution is 0.0159. The van der Waals surface area contributed by atoms with Crippen molar-refractivity contribution >= 4 is 22.5 Å². The molecule has 116 valence electrons. The number of alkyl halides is 2. The van der Waals surface area contributed by atoms with Crippen LogP contribution in [-0.2, 0) is 7.05 Å². The van der Waals surface area contributed by atoms with Crippen molar-refractivity contribution in [2.24, 2.45) is 7.05 Å². The molecular weight excluding hydrogens is 292 g/mol. The summed E-state index contributed by atoms with van der Waals surface area (Å²) in [5.41, 5.74) is 0.234. The van der Waals surface area contributed by atoms with Crippen LogP contribution in [0.2, 0.25) is 0 Å². The van der Waals surface area contributed by atoms with Crippen molar-refractivity contribution in [2.45, 2.75) is 12.3 Å². The van der Waals surface area contributed by atoms with Gasteiger partial charge in [0.05, 0.1) is 6.54 Å². The number of nitrogens with zero attached hydrogens (tertiary/aromatic N) is 2. The van der Waals surface area contributed by atoms with Gasteiger partial charge in [-0.05, 0) is 23.6 Å². The molecule has 5 nitrogen and oxygen atoms in total. The minimum Gasteiger partial charge on any atom is -0.318 e. The van der Waals surface area contributed by atoms with Gasteiger partial charge in [-0.25, -0.2) is 13.6 Å². The van der Waals surface area contributed by atoms with Gasteiger partial charge in [0, 0.05) is 37.3 Å². The predicted octanol–water partition coefficient (Wildman–Crippen LogP) is 2.41. The van der Waals surface area contributed by atoms with E-state index in [0.717, 1.165) is 10.3 Å². The number of aromatic nitrogens is 1. The average Bonchev–Trinajstić information content (AvgIpc) is 2.84. The highest BCUT2D eigenvalue weighted by Gasteiger charge is 2.40. The molecule has 1 aromatic carbocycles. The number of anilines is 1. The van der Waals surface area contributed by atoms with E-state index >= 15 is 0 Å². The number of likely N-dealkylation sites (tertiary alicyclic amines) is 1. The second kappa shape index (κ2) is 5.08. The van der Waals surface area contributed by atoms with Crippen LogP contribution in [0.4, 0.5) is 19.3 Å². The predicted molar refractivity (Wildman–Crippen MR) is 79.3 cm³/mol. The minimum atomic E-state index is -2.82. The fourth-order valence-corrected chi connectivity index (χ4v) is 2.53. The molecule has 2 aromatic rings. The number of hydrogen-bond donors (Lipinski definition) is 1. The van der Waals surface area contributed by atoms with Crippen LogP contribution in [0.15, 0.2) is 35.3 Å². The Balaban J connectivity index is 1.84. The second-order valence-corrected chi connectivity index (χ2v) is 5.49. The largest absolute Gasteiger partial charge is 0.322 e. The summed E-state index contributed by atoms with van der Waals surface area (Å²) in [5, 5.41) is 3.79. The summed E-state index contributed by atoms with van der Waals surface area (Å²) in [6, 6.07) is 6.13. The summed E-state index contributed by atoms with van der Waals surface area (Å²) < 4.78 is 27.7. The zero-order valence-electron chi connectivity index (χ0n) is 12.0. The van der Waals surface area contributed by atoms with Gasteiger partial charge in [-0.1, -0.05) is 6.07 Å². The molecule has 1 fully saturated rings. The van der Waals surface area contributed by atoms with Crippen molar-refractivity contribution in [3.63, 3.8) is 0 Å². The summed E-state index contributed by atoms with van der Waals surface area (Å²) in [6.45, 7) is -0.553. The zero-order valence-corrected chi connectivity index (χ0v) is 12.0. The molecular formula is C15H15F2N3O2. The van der Waals surface area contributed by atoms with Gasteiger partial charge in [-0.15, -0.1) is 0 Å². The van der Waals surface area contributed by atoms with Gasteiger partial charge in [-0.2, -0.15) is 0 Å². The van der Waals surface area contributed by atoms with Crippen molar-refractivity contribution in [2.75, 3.05) is 18.4 Å². The normalized spacial score (nSPS) is 17.0. The quantitative estimate of drug-likeness (QED) is 0.879. The standard InChI is InChI=1S/C15H15F2N3O2/c1-19-6-4-10-2-3-11(8-12(10)13(19)21)18-14(22)20-7-5-15(16,17)9-20/h2-4,6,8H,5,7,9H2,1H3,(H,18,22). The number of urea groups is 1. The molecule has 1 aromatic heterocycles. The molecule has 0 atom stereocenters. The van der Waals surface area contributed by atoms with Gasteiger partial charge in [0.1, 0.15) is 0 Å². The maximum Gasteiger partial charge on any atom is 0.322 e. The molecule has 3 rings (SSSR count). The molecule has 22 heavy (non-hydrogen) atoms. The molecule has 1 aliphatic heterocycles. The van der Waals surface area contributed by atoms with Crippen LogP contribution in [0.5, 0.6) is 0 Å². The van der Waals surface area contributed by atoms with Crippen molar-refractivity contribution in [3.05, 3.63) is 40.8 Å². The van der Waals surface area contributed by atoms with Crippen molar-refractivity contribution < 1.29 is 13.6 Å². The highest BCUT2D eigenvalue weighted by Crippen LogP contribution is 2.27. The molecule has 0 spiro atoms. The summed E-state index contributed by atoms with van der Waals surface area (Å²) in [6.07, 6.45) is 1.34. The molecule has 0 radical (unpaired) electrons. The minimum absolute atomic E-state index is 0.0220. The van der Waals surface area contributed by atoms with Gasteiger partial charge in [0.25, 0.3) is 11.5 Å². The molecule has 0 saturated carbocycles. The topological polar surface area (TPSA) is 54.3 Å². The third-order valence-corrected chi connectivity index (χ3v) is 3.79. The summed E-state index contributed by atoms with van der Waals surface area (Å²) in [7, 11) is 1.64. The maximum absolute atomic E-state index is 13.1. The Morgan fingerprint density at radius 2 is 2.09 bits per heavy atom. The number of pyridine rings is 1. The zero-order chi connectivity index (χ0) is 15.9. The first kappa shape index (κ1) is 14.5. The van der Waals surface area contributed by atoms with E-state index in [1.54, 1.807) is 37.5 Å². The van der Waals surface area contributed by atoms with Crippen LogP contribution >= 0.6 is 0 Å². The number of hydrogen-bond acceptors (Lipinski definition) is 2. The molecule has 7 heteroatoms. The Bertz CT molecular complexity index is 801. The fourth-order valence-electron chi connectivity index (χ4n) is 2.53. The summed E-state index contributed by atoms with van der Waals surface area (Å²) in [5.74, 6) is -2.82. The number of rotatable bonds is 1. The number of nitrogens with one attached hydrogen (secondary N) is 1. The number of halogens is 2. The average molecular weight is 307 g/mol. The van der Waals surface area contributed by atoms with Gasteiger partial charge in [0.15, 0.2) is 0 Å². The lowest BCUT2D eigenvalue weighted by Gasteiger charge is -2.17. The SMILES string of the molecule is Cn1ccc2ccc(NC(=O)N3CCC(F)(F)C3)cc2c1=O. The van der Waals surface area contributed by atoms with Crippen LogP contribution in [0, 0.1) is 0 Å². The Morgan fingerprint density at radius 3 is 2.77 bits per heavy atom.